The van der Waals surface area contributed by atoms with E-state index in [0.29, 0.717) is 0 Å². The van der Waals surface area contributed by atoms with Crippen molar-refractivity contribution in [3.63, 3.8) is 0 Å². The van der Waals surface area contributed by atoms with Gasteiger partial charge in [0.25, 0.3) is 0 Å². The van der Waals surface area contributed by atoms with E-state index in [0.717, 1.165) is 0 Å². The van der Waals surface area contributed by atoms with E-state index in [-0.39, 0.29) is 0 Å². The number of thiophene rings is 1. The van der Waals surface area contributed by atoms with Crippen molar-refractivity contribution in [2.75, 3.05) is 0 Å². The van der Waals surface area contributed by atoms with Crippen LogP contribution in [-0.2, 0) is 6.42 Å². The number of rotatable bonds is 25. The van der Waals surface area contributed by atoms with Gasteiger partial charge in [0, 0.05) is 0 Å². The molecule has 0 aliphatic carbocycles. The van der Waals surface area contributed by atoms with Gasteiger partial charge in [-0.25, -0.2) is 0 Å². The van der Waals surface area contributed by atoms with Crippen LogP contribution in [0.1, 0.15) is 162 Å². The van der Waals surface area contributed by atoms with E-state index in [1.165, 1.54) is 135 Å². The molecule has 0 N–H and O–H groups in total. The van der Waals surface area contributed by atoms with Crippen LogP contribution in [0.3, 0.4) is 0 Å². The molecule has 0 bridgehead atoms. The van der Waals surface area contributed by atoms with Crippen molar-refractivity contribution in [3.8, 4) is 0 Å². The molecule has 200 valence electrons. The van der Waals surface area contributed by atoms with Crippen molar-refractivity contribution < 1.29 is 0 Å². The van der Waals surface area contributed by atoms with Crippen LogP contribution in [0.15, 0.2) is 11.4 Å². The summed E-state index contributed by atoms with van der Waals surface area (Å²) in [7, 11) is 0. The van der Waals surface area contributed by atoms with E-state index in [2.05, 4.69) is 50.5 Å². The van der Waals surface area contributed by atoms with Crippen molar-refractivity contribution in [2.24, 2.45) is 0 Å². The molecule has 0 aliphatic heterocycles. The molecule has 0 atom stereocenters. The zero-order valence-electron chi connectivity index (χ0n) is 24.0. The summed E-state index contributed by atoms with van der Waals surface area (Å²) in [6.45, 7) is 9.49. The third kappa shape index (κ3) is 14.9. The summed E-state index contributed by atoms with van der Waals surface area (Å²) in [5.41, 5.74) is 1.68. The van der Waals surface area contributed by atoms with Crippen LogP contribution in [0.4, 0.5) is 0 Å². The maximum atomic E-state index is 2.73. The minimum atomic E-state index is -2.18. The fourth-order valence-electron chi connectivity index (χ4n) is 5.60. The molecular formula is C32H62SSn. The quantitative estimate of drug-likeness (QED) is 0.0777. The Morgan fingerprint density at radius 3 is 1.29 bits per heavy atom. The molecule has 0 fully saturated rings. The minimum absolute atomic E-state index is 1.34. The molecule has 0 saturated heterocycles. The Kier molecular flexibility index (Phi) is 21.7. The van der Waals surface area contributed by atoms with Crippen molar-refractivity contribution in [1.29, 1.82) is 0 Å². The predicted octanol–water partition coefficient (Wildman–Crippen LogP) is 11.8. The van der Waals surface area contributed by atoms with Crippen LogP contribution >= 0.6 is 11.3 Å². The fourth-order valence-corrected chi connectivity index (χ4v) is 25.7. The van der Waals surface area contributed by atoms with Gasteiger partial charge in [0.15, 0.2) is 0 Å². The second-order valence-electron chi connectivity index (χ2n) is 11.3. The molecule has 1 heterocycles. The summed E-state index contributed by atoms with van der Waals surface area (Å²) in [4.78, 5) is 0. The molecule has 0 spiro atoms. The average molecular weight is 598 g/mol. The van der Waals surface area contributed by atoms with Gasteiger partial charge in [0.1, 0.15) is 0 Å². The first kappa shape index (κ1) is 32.5. The summed E-state index contributed by atoms with van der Waals surface area (Å²) in [5, 5.41) is 2.56. The molecule has 0 saturated carbocycles. The van der Waals surface area contributed by atoms with E-state index in [9.17, 15) is 0 Å². The van der Waals surface area contributed by atoms with Crippen molar-refractivity contribution in [2.45, 2.75) is 176 Å². The Hall–Kier alpha value is 0.499. The average Bonchev–Trinajstić information content (AvgIpc) is 3.33. The Balaban J connectivity index is 2.26. The molecular weight excluding hydrogens is 535 g/mol. The number of aryl methyl sites for hydroxylation is 1. The molecule has 0 unspecified atom stereocenters. The topological polar surface area (TPSA) is 0 Å². The molecule has 0 nitrogen and oxygen atoms in total. The van der Waals surface area contributed by atoms with Crippen molar-refractivity contribution in [3.05, 3.63) is 17.0 Å². The zero-order chi connectivity index (χ0) is 24.7. The molecule has 0 aromatic carbocycles. The Labute approximate surface area is 224 Å². The monoisotopic (exact) mass is 598 g/mol. The van der Waals surface area contributed by atoms with Crippen LogP contribution in [0.5, 0.6) is 0 Å². The van der Waals surface area contributed by atoms with Gasteiger partial charge in [0.05, 0.1) is 0 Å². The zero-order valence-corrected chi connectivity index (χ0v) is 27.7. The molecule has 0 amide bonds. The van der Waals surface area contributed by atoms with E-state index >= 15 is 0 Å². The second kappa shape index (κ2) is 22.7. The Bertz CT molecular complexity index is 527. The van der Waals surface area contributed by atoms with Gasteiger partial charge < -0.3 is 0 Å². The van der Waals surface area contributed by atoms with Gasteiger partial charge in [0.2, 0.25) is 0 Å². The molecule has 1 aromatic heterocycles. The predicted molar refractivity (Wildman–Crippen MR) is 163 cm³/mol. The van der Waals surface area contributed by atoms with E-state index in [1.807, 2.05) is 2.89 Å². The summed E-state index contributed by atoms with van der Waals surface area (Å²) in [6, 6.07) is 2.73. The van der Waals surface area contributed by atoms with Gasteiger partial charge in [-0.2, -0.15) is 0 Å². The van der Waals surface area contributed by atoms with Crippen LogP contribution in [0.2, 0.25) is 13.3 Å². The Morgan fingerprint density at radius 1 is 0.500 bits per heavy atom. The Morgan fingerprint density at radius 2 is 0.882 bits per heavy atom. The third-order valence-corrected chi connectivity index (χ3v) is 27.3. The summed E-state index contributed by atoms with van der Waals surface area (Å²) >= 11 is 0.00545. The standard InChI is InChI=1S/C20H35S.3C4H9.Sn/c1-2-3-4-5-6-7-8-9-10-11-12-13-14-15-16-20-17-18-21-19-20;3*1-3-4-2;/h17,19H,2-16H2,1H3;3*1,3-4H2,2H3;. The number of hydrogen-bond acceptors (Lipinski definition) is 1. The van der Waals surface area contributed by atoms with Crippen LogP contribution in [0, 0.1) is 0 Å². The van der Waals surface area contributed by atoms with Crippen molar-refractivity contribution in [1.82, 2.24) is 0 Å². The summed E-state index contributed by atoms with van der Waals surface area (Å²) < 4.78 is 6.78. The van der Waals surface area contributed by atoms with Gasteiger partial charge in [-0.15, -0.1) is 0 Å². The van der Waals surface area contributed by atoms with Gasteiger partial charge >= 0.3 is 180 Å². The normalized spacial score (nSPS) is 12.0. The second-order valence-corrected chi connectivity index (χ2v) is 26.3. The molecule has 0 radical (unpaired) electrons. The van der Waals surface area contributed by atoms with Gasteiger partial charge in [-0.05, 0) is 0 Å². The molecule has 0 aliphatic rings. The number of hydrogen-bond donors (Lipinski definition) is 0. The van der Waals surface area contributed by atoms with E-state index in [1.54, 1.807) is 18.9 Å². The van der Waals surface area contributed by atoms with Crippen LogP contribution < -0.4 is 2.89 Å². The first-order valence-electron chi connectivity index (χ1n) is 15.8. The van der Waals surface area contributed by atoms with Crippen molar-refractivity contribution >= 4 is 32.6 Å². The summed E-state index contributed by atoms with van der Waals surface area (Å²) in [5.74, 6) is 0. The van der Waals surface area contributed by atoms with E-state index < -0.39 is 18.4 Å². The molecule has 1 aromatic rings. The van der Waals surface area contributed by atoms with Crippen LogP contribution in [0.25, 0.3) is 0 Å². The fraction of sp³-hybridized carbons (Fsp3) is 0.875. The van der Waals surface area contributed by atoms with Gasteiger partial charge in [-0.1, -0.05) is 45.4 Å². The maximum absolute atomic E-state index is 2.73. The summed E-state index contributed by atoms with van der Waals surface area (Å²) in [6.07, 6.45) is 30.3. The SMILES string of the molecule is CCCCCCCCCCCCCCCCc1cs[c]([Sn]([CH2]CCC)([CH2]CCC)[CH2]CCC)c1. The van der Waals surface area contributed by atoms with Gasteiger partial charge in [-0.3, -0.25) is 0 Å². The molecule has 34 heavy (non-hydrogen) atoms. The molecule has 1 rings (SSSR count). The first-order chi connectivity index (χ1) is 16.7. The van der Waals surface area contributed by atoms with E-state index in [4.69, 9.17) is 0 Å². The number of unbranched alkanes of at least 4 members (excludes halogenated alkanes) is 16. The first-order valence-corrected chi connectivity index (χ1v) is 24.2. The van der Waals surface area contributed by atoms with Crippen LogP contribution in [-0.4, -0.2) is 18.4 Å². The third-order valence-electron chi connectivity index (χ3n) is 8.02. The molecule has 2 heteroatoms.